The highest BCUT2D eigenvalue weighted by atomic mass is 16.5. The molecule has 3 N–H and O–H groups in total. The summed E-state index contributed by atoms with van der Waals surface area (Å²) >= 11 is 0. The van der Waals surface area contributed by atoms with Crippen LogP contribution in [0.3, 0.4) is 0 Å². The zero-order chi connectivity index (χ0) is 25.3. The third-order valence-corrected chi connectivity index (χ3v) is 6.42. The minimum atomic E-state index is -0.197. The van der Waals surface area contributed by atoms with Crippen LogP contribution in [0.2, 0.25) is 0 Å². The van der Waals surface area contributed by atoms with E-state index in [9.17, 15) is 9.59 Å². The Morgan fingerprint density at radius 2 is 1.76 bits per heavy atom. The molecule has 7 heteroatoms. The van der Waals surface area contributed by atoms with E-state index in [4.69, 9.17) is 4.74 Å². The maximum Gasteiger partial charge on any atom is 0.253 e. The van der Waals surface area contributed by atoms with Crippen LogP contribution in [0.1, 0.15) is 71.8 Å². The highest BCUT2D eigenvalue weighted by Gasteiger charge is 2.24. The van der Waals surface area contributed by atoms with Gasteiger partial charge in [-0.2, -0.15) is 0 Å². The van der Waals surface area contributed by atoms with Gasteiger partial charge in [0.15, 0.2) is 0 Å². The molecule has 1 heterocycles. The summed E-state index contributed by atoms with van der Waals surface area (Å²) in [5, 5.41) is 5.69. The molecule has 1 aromatic carbocycles. The maximum atomic E-state index is 13.1. The van der Waals surface area contributed by atoms with E-state index >= 15 is 0 Å². The second-order valence-electron chi connectivity index (χ2n) is 9.02. The summed E-state index contributed by atoms with van der Waals surface area (Å²) in [5.41, 5.74) is 4.70. The van der Waals surface area contributed by atoms with Crippen LogP contribution >= 0.6 is 0 Å². The molecule has 0 bridgehead atoms. The maximum absolute atomic E-state index is 13.1. The number of rotatable bonds is 7. The van der Waals surface area contributed by atoms with E-state index in [2.05, 4.69) is 27.4 Å². The lowest BCUT2D eigenvalue weighted by Crippen LogP contribution is -2.37. The first-order valence-corrected chi connectivity index (χ1v) is 12.3. The van der Waals surface area contributed by atoms with Gasteiger partial charge in [0, 0.05) is 47.7 Å². The Kier molecular flexibility index (Phi) is 10.6. The number of H-pyrrole nitrogens is 1. The first kappa shape index (κ1) is 27.4. The molecule has 0 atom stereocenters. The molecule has 34 heavy (non-hydrogen) atoms. The van der Waals surface area contributed by atoms with E-state index in [1.165, 1.54) is 32.1 Å². The van der Waals surface area contributed by atoms with Gasteiger partial charge in [0.2, 0.25) is 0 Å². The molecule has 0 saturated heterocycles. The van der Waals surface area contributed by atoms with E-state index in [1.807, 2.05) is 47.0 Å². The first-order valence-electron chi connectivity index (χ1n) is 12.3. The van der Waals surface area contributed by atoms with E-state index in [1.54, 1.807) is 13.2 Å². The van der Waals surface area contributed by atoms with Crippen molar-refractivity contribution in [3.8, 4) is 5.75 Å². The van der Waals surface area contributed by atoms with Gasteiger partial charge in [-0.25, -0.2) is 0 Å². The van der Waals surface area contributed by atoms with Crippen molar-refractivity contribution in [2.45, 2.75) is 72.4 Å². The molecule has 1 aliphatic carbocycles. The number of carbonyl (C=O) groups excluding carboxylic acids is 1. The third-order valence-electron chi connectivity index (χ3n) is 6.42. The van der Waals surface area contributed by atoms with Crippen molar-refractivity contribution >= 4 is 11.6 Å². The Morgan fingerprint density at radius 1 is 1.12 bits per heavy atom. The summed E-state index contributed by atoms with van der Waals surface area (Å²) in [6.07, 6.45) is 6.17. The molecule has 7 nitrogen and oxygen atoms in total. The lowest BCUT2D eigenvalue weighted by molar-refractivity contribution is 0.0949. The van der Waals surface area contributed by atoms with Gasteiger partial charge in [-0.3, -0.25) is 9.59 Å². The number of nitrogens with zero attached hydrogens (tertiary/aromatic N) is 1. The van der Waals surface area contributed by atoms with Gasteiger partial charge in [0.1, 0.15) is 5.75 Å². The number of aromatic amines is 1. The van der Waals surface area contributed by atoms with Gasteiger partial charge >= 0.3 is 0 Å². The number of anilines is 1. The van der Waals surface area contributed by atoms with Gasteiger partial charge in [0.05, 0.1) is 7.11 Å². The first-order chi connectivity index (χ1) is 16.3. The second kappa shape index (κ2) is 13.2. The molecule has 0 spiro atoms. The zero-order valence-corrected chi connectivity index (χ0v) is 21.9. The fourth-order valence-corrected chi connectivity index (χ4v) is 4.71. The summed E-state index contributed by atoms with van der Waals surface area (Å²) < 4.78 is 5.54. The number of amides is 1. The molecule has 3 rings (SSSR count). The van der Waals surface area contributed by atoms with Crippen molar-refractivity contribution in [3.05, 3.63) is 56.5 Å². The number of aryl methyl sites for hydroxylation is 2. The monoisotopic (exact) mass is 470 g/mol. The number of aromatic nitrogens is 1. The minimum Gasteiger partial charge on any atom is -0.497 e. The van der Waals surface area contributed by atoms with Crippen LogP contribution in [0, 0.1) is 20.8 Å². The Bertz CT molecular complexity index is 1010. The number of hydrogen-bond donors (Lipinski definition) is 3. The van der Waals surface area contributed by atoms with E-state index in [0.717, 1.165) is 29.1 Å². The minimum absolute atomic E-state index is 0.157. The highest BCUT2D eigenvalue weighted by molar-refractivity contribution is 5.97. The van der Waals surface area contributed by atoms with Crippen molar-refractivity contribution in [3.63, 3.8) is 0 Å². The summed E-state index contributed by atoms with van der Waals surface area (Å²) in [4.78, 5) is 30.7. The molecule has 0 unspecified atom stereocenters. The molecule has 188 valence electrons. The number of methoxy groups -OCH3 is 1. The van der Waals surface area contributed by atoms with Gasteiger partial charge in [0.25, 0.3) is 11.5 Å². The van der Waals surface area contributed by atoms with Gasteiger partial charge in [-0.1, -0.05) is 19.3 Å². The molecule has 0 aliphatic heterocycles. The Balaban J connectivity index is 0.00000129. The van der Waals surface area contributed by atoms with Crippen LogP contribution in [-0.2, 0) is 6.54 Å². The second-order valence-corrected chi connectivity index (χ2v) is 9.02. The molecule has 1 aromatic heterocycles. The van der Waals surface area contributed by atoms with Gasteiger partial charge < -0.3 is 25.3 Å². The van der Waals surface area contributed by atoms with Crippen molar-refractivity contribution in [1.82, 2.24) is 15.6 Å². The summed E-state index contributed by atoms with van der Waals surface area (Å²) in [6.45, 7) is 8.98. The molecule has 1 amide bonds. The lowest BCUT2D eigenvalue weighted by atomic mass is 9.93. The average molecular weight is 471 g/mol. The Labute approximate surface area is 204 Å². The van der Waals surface area contributed by atoms with E-state index in [0.29, 0.717) is 22.9 Å². The van der Waals surface area contributed by atoms with E-state index < -0.39 is 0 Å². The summed E-state index contributed by atoms with van der Waals surface area (Å²) in [7, 11) is 5.38. The number of nitrogens with one attached hydrogen (secondary N) is 3. The number of ether oxygens (including phenoxy) is 1. The smallest absolute Gasteiger partial charge is 0.253 e. The fraction of sp³-hybridized carbons (Fsp3) is 0.556. The van der Waals surface area contributed by atoms with E-state index in [-0.39, 0.29) is 18.0 Å². The SMILES string of the molecule is CCN(c1cc(OC)cc(C(=O)NCc2c(C)cc(C)[nH]c2=O)c1C)C1CCCCC1.CNC. The number of hydrogen-bond acceptors (Lipinski definition) is 5. The highest BCUT2D eigenvalue weighted by Crippen LogP contribution is 2.34. The number of pyridine rings is 1. The standard InChI is InChI=1S/C25H35N3O3.C2H7N/c1-6-28(19-10-8-7-9-11-19)23-14-20(31-5)13-21(18(23)4)24(29)26-15-22-16(2)12-17(3)27-25(22)30;1-3-2/h12-14,19H,6-11,15H2,1-5H3,(H,26,29)(H,27,30);3H,1-2H3. The number of benzene rings is 1. The van der Waals surface area contributed by atoms with Crippen LogP contribution in [0.25, 0.3) is 0 Å². The van der Waals surface area contributed by atoms with Gasteiger partial charge in [-0.05, 0) is 77.9 Å². The largest absolute Gasteiger partial charge is 0.497 e. The number of carbonyl (C=O) groups is 1. The molecule has 1 aliphatic rings. The van der Waals surface area contributed by atoms with Crippen LogP contribution in [0.15, 0.2) is 23.0 Å². The van der Waals surface area contributed by atoms with Crippen LogP contribution < -0.4 is 25.8 Å². The van der Waals surface area contributed by atoms with Crippen LogP contribution in [-0.4, -0.2) is 44.7 Å². The average Bonchev–Trinajstić information content (AvgIpc) is 2.81. The molecule has 1 saturated carbocycles. The summed E-state index contributed by atoms with van der Waals surface area (Å²) in [5.74, 6) is 0.473. The molecular weight excluding hydrogens is 428 g/mol. The molecule has 2 aromatic rings. The normalized spacial score (nSPS) is 13.6. The topological polar surface area (TPSA) is 86.5 Å². The zero-order valence-electron chi connectivity index (χ0n) is 21.9. The fourth-order valence-electron chi connectivity index (χ4n) is 4.71. The Morgan fingerprint density at radius 3 is 2.32 bits per heavy atom. The van der Waals surface area contributed by atoms with Crippen molar-refractivity contribution in [2.24, 2.45) is 0 Å². The van der Waals surface area contributed by atoms with Crippen molar-refractivity contribution < 1.29 is 9.53 Å². The lowest BCUT2D eigenvalue weighted by Gasteiger charge is -2.37. The predicted octanol–water partition coefficient (Wildman–Crippen LogP) is 4.23. The quantitative estimate of drug-likeness (QED) is 0.564. The van der Waals surface area contributed by atoms with Crippen LogP contribution in [0.4, 0.5) is 5.69 Å². The van der Waals surface area contributed by atoms with Gasteiger partial charge in [-0.15, -0.1) is 0 Å². The Hall–Kier alpha value is -2.80. The van der Waals surface area contributed by atoms with Crippen molar-refractivity contribution in [1.29, 1.82) is 0 Å². The third kappa shape index (κ3) is 6.86. The molecule has 1 fully saturated rings. The molecular formula is C27H42N4O3. The van der Waals surface area contributed by atoms with Crippen LogP contribution in [0.5, 0.6) is 5.75 Å². The summed E-state index contributed by atoms with van der Waals surface area (Å²) in [6, 6.07) is 6.24. The van der Waals surface area contributed by atoms with Crippen molar-refractivity contribution in [2.75, 3.05) is 32.6 Å². The molecule has 0 radical (unpaired) electrons. The predicted molar refractivity (Wildman–Crippen MR) is 140 cm³/mol.